The predicted molar refractivity (Wildman–Crippen MR) is 117 cm³/mol. The molecule has 0 bridgehead atoms. The number of hydrogen-bond donors (Lipinski definition) is 5. The Labute approximate surface area is 182 Å². The highest BCUT2D eigenvalue weighted by molar-refractivity contribution is 5.82. The summed E-state index contributed by atoms with van der Waals surface area (Å²) in [6.45, 7) is 0.784. The molecule has 0 aliphatic carbocycles. The third kappa shape index (κ3) is 13.7. The van der Waals surface area contributed by atoms with Gasteiger partial charge in [0.1, 0.15) is 12.7 Å². The number of nitrogens with zero attached hydrogens (tertiary/aromatic N) is 1. The zero-order chi connectivity index (χ0) is 22.9. The van der Waals surface area contributed by atoms with Crippen LogP contribution < -0.4 is 22.1 Å². The van der Waals surface area contributed by atoms with Crippen molar-refractivity contribution in [1.82, 2.24) is 10.6 Å². The Morgan fingerprint density at radius 1 is 1.00 bits per heavy atom. The zero-order valence-electron chi connectivity index (χ0n) is 17.7. The van der Waals surface area contributed by atoms with Crippen molar-refractivity contribution in [2.24, 2.45) is 16.5 Å². The van der Waals surface area contributed by atoms with E-state index >= 15 is 0 Å². The third-order valence-corrected chi connectivity index (χ3v) is 4.25. The van der Waals surface area contributed by atoms with Gasteiger partial charge in [-0.3, -0.25) is 19.4 Å². The predicted octanol–water partition coefficient (Wildman–Crippen LogP) is -0.0629. The lowest BCUT2D eigenvalue weighted by Crippen LogP contribution is -2.43. The Morgan fingerprint density at radius 3 is 2.45 bits per heavy atom. The summed E-state index contributed by atoms with van der Waals surface area (Å²) >= 11 is 0. The zero-order valence-corrected chi connectivity index (χ0v) is 17.7. The van der Waals surface area contributed by atoms with Gasteiger partial charge in [0.25, 0.3) is 5.91 Å². The summed E-state index contributed by atoms with van der Waals surface area (Å²) in [4.78, 5) is 39.1. The van der Waals surface area contributed by atoms with E-state index in [1.54, 1.807) is 0 Å². The number of benzene rings is 1. The molecule has 0 fully saturated rings. The van der Waals surface area contributed by atoms with Crippen LogP contribution in [0.4, 0.5) is 0 Å². The van der Waals surface area contributed by atoms with Crippen LogP contribution in [0.25, 0.3) is 0 Å². The fraction of sp³-hybridized carbons (Fsp3) is 0.524. The highest BCUT2D eigenvalue weighted by atomic mass is 16.5. The number of unbranched alkanes of at least 4 members (excludes halogenated alkanes) is 2. The van der Waals surface area contributed by atoms with Crippen molar-refractivity contribution in [2.75, 3.05) is 19.6 Å². The molecule has 0 heterocycles. The van der Waals surface area contributed by atoms with E-state index in [-0.39, 0.29) is 44.0 Å². The number of nitrogens with one attached hydrogen (secondary N) is 2. The van der Waals surface area contributed by atoms with Gasteiger partial charge in [-0.05, 0) is 24.8 Å². The van der Waals surface area contributed by atoms with Crippen molar-refractivity contribution in [2.45, 2.75) is 51.2 Å². The van der Waals surface area contributed by atoms with Crippen molar-refractivity contribution in [3.05, 3.63) is 35.9 Å². The van der Waals surface area contributed by atoms with Gasteiger partial charge in [-0.2, -0.15) is 0 Å². The van der Waals surface area contributed by atoms with Crippen LogP contribution in [-0.4, -0.2) is 54.6 Å². The lowest BCUT2D eigenvalue weighted by Gasteiger charge is -2.12. The standard InChI is InChI=1S/C21H33N5O5/c22-21(23)25-12-6-2-5-10-18(28)26-14-17(27)20(30)24-13-7-11-19(29)31-15-16-8-3-1-4-9-16/h1,3-4,8-9,17,27H,2,5-7,10-15H2,(H,24,30)(H,26,28)(H4,22,23,25)/t17-/m0/s1. The van der Waals surface area contributed by atoms with Crippen LogP contribution in [0.3, 0.4) is 0 Å². The number of rotatable bonds is 15. The maximum atomic E-state index is 11.8. The second kappa shape index (κ2) is 15.7. The molecule has 0 aliphatic heterocycles. The molecule has 0 saturated carbocycles. The third-order valence-electron chi connectivity index (χ3n) is 4.25. The van der Waals surface area contributed by atoms with Crippen LogP contribution >= 0.6 is 0 Å². The fourth-order valence-corrected chi connectivity index (χ4v) is 2.55. The number of aliphatic hydroxyl groups excluding tert-OH is 1. The molecular formula is C21H33N5O5. The molecule has 0 saturated heterocycles. The SMILES string of the molecule is NC(N)=NCCCCCC(=O)NC[C@H](O)C(=O)NCCCC(=O)OCc1ccccc1. The minimum Gasteiger partial charge on any atom is -0.461 e. The Bertz CT molecular complexity index is 707. The van der Waals surface area contributed by atoms with E-state index in [0.717, 1.165) is 18.4 Å². The average Bonchev–Trinajstić information content (AvgIpc) is 2.76. The Kier molecular flexibility index (Phi) is 13.1. The van der Waals surface area contributed by atoms with Gasteiger partial charge >= 0.3 is 5.97 Å². The number of carbonyl (C=O) groups is 3. The van der Waals surface area contributed by atoms with Crippen molar-refractivity contribution >= 4 is 23.7 Å². The van der Waals surface area contributed by atoms with E-state index in [2.05, 4.69) is 15.6 Å². The van der Waals surface area contributed by atoms with Gasteiger partial charge in [0.05, 0.1) is 6.54 Å². The van der Waals surface area contributed by atoms with Gasteiger partial charge in [0.15, 0.2) is 5.96 Å². The lowest BCUT2D eigenvalue weighted by atomic mass is 10.2. The molecule has 31 heavy (non-hydrogen) atoms. The number of hydrogen-bond acceptors (Lipinski definition) is 6. The van der Waals surface area contributed by atoms with E-state index in [1.807, 2.05) is 30.3 Å². The first-order valence-corrected chi connectivity index (χ1v) is 10.4. The minimum atomic E-state index is -1.35. The number of aliphatic imine (C=N–C) groups is 1. The van der Waals surface area contributed by atoms with Crippen molar-refractivity contribution in [1.29, 1.82) is 0 Å². The number of nitrogens with two attached hydrogens (primary N) is 2. The van der Waals surface area contributed by atoms with Gasteiger partial charge in [-0.15, -0.1) is 0 Å². The van der Waals surface area contributed by atoms with E-state index in [0.29, 0.717) is 25.8 Å². The molecule has 2 amide bonds. The summed E-state index contributed by atoms with van der Waals surface area (Å²) in [5.74, 6) is -1.15. The fourth-order valence-electron chi connectivity index (χ4n) is 2.55. The van der Waals surface area contributed by atoms with Crippen LogP contribution in [-0.2, 0) is 25.7 Å². The van der Waals surface area contributed by atoms with Gasteiger partial charge in [-0.25, -0.2) is 0 Å². The molecule has 172 valence electrons. The number of esters is 1. The number of aliphatic hydroxyl groups is 1. The molecule has 10 heteroatoms. The van der Waals surface area contributed by atoms with Gasteiger partial charge in [-0.1, -0.05) is 36.8 Å². The first kappa shape index (κ1) is 25.9. The molecule has 7 N–H and O–H groups in total. The molecule has 1 atom stereocenters. The first-order chi connectivity index (χ1) is 14.9. The number of guanidine groups is 1. The minimum absolute atomic E-state index is 0.0491. The largest absolute Gasteiger partial charge is 0.461 e. The molecule has 1 aromatic rings. The highest BCUT2D eigenvalue weighted by Gasteiger charge is 2.15. The number of ether oxygens (including phenoxy) is 1. The number of amides is 2. The summed E-state index contributed by atoms with van der Waals surface area (Å²) in [7, 11) is 0. The smallest absolute Gasteiger partial charge is 0.306 e. The molecule has 0 aliphatic rings. The van der Waals surface area contributed by atoms with Gasteiger partial charge < -0.3 is 31.9 Å². The molecule has 0 unspecified atom stereocenters. The normalized spacial score (nSPS) is 11.3. The summed E-state index contributed by atoms with van der Waals surface area (Å²) < 4.78 is 5.15. The van der Waals surface area contributed by atoms with Crippen molar-refractivity contribution in [3.63, 3.8) is 0 Å². The summed E-state index contributed by atoms with van der Waals surface area (Å²) in [5, 5.41) is 14.9. The molecule has 10 nitrogen and oxygen atoms in total. The second-order valence-electron chi connectivity index (χ2n) is 6.98. The van der Waals surface area contributed by atoms with E-state index < -0.39 is 12.0 Å². The monoisotopic (exact) mass is 435 g/mol. The maximum Gasteiger partial charge on any atom is 0.306 e. The Hall–Kier alpha value is -3.14. The highest BCUT2D eigenvalue weighted by Crippen LogP contribution is 2.03. The molecule has 1 aromatic carbocycles. The van der Waals surface area contributed by atoms with Gasteiger partial charge in [0.2, 0.25) is 5.91 Å². The topological polar surface area (TPSA) is 169 Å². The second-order valence-corrected chi connectivity index (χ2v) is 6.98. The molecule has 0 spiro atoms. The van der Waals surface area contributed by atoms with Crippen LogP contribution in [0, 0.1) is 0 Å². The Morgan fingerprint density at radius 2 is 1.74 bits per heavy atom. The van der Waals surface area contributed by atoms with Crippen LogP contribution in [0.15, 0.2) is 35.3 Å². The van der Waals surface area contributed by atoms with Crippen LogP contribution in [0.1, 0.15) is 44.1 Å². The van der Waals surface area contributed by atoms with E-state index in [1.165, 1.54) is 0 Å². The van der Waals surface area contributed by atoms with Crippen LogP contribution in [0.2, 0.25) is 0 Å². The Balaban J connectivity index is 2.05. The van der Waals surface area contributed by atoms with E-state index in [9.17, 15) is 19.5 Å². The molecular weight excluding hydrogens is 402 g/mol. The van der Waals surface area contributed by atoms with Crippen molar-refractivity contribution in [3.8, 4) is 0 Å². The quantitative estimate of drug-likeness (QED) is 0.111. The van der Waals surface area contributed by atoms with Crippen LogP contribution in [0.5, 0.6) is 0 Å². The summed E-state index contributed by atoms with van der Waals surface area (Å²) in [6.07, 6.45) is 1.71. The maximum absolute atomic E-state index is 11.8. The van der Waals surface area contributed by atoms with Gasteiger partial charge in [0, 0.05) is 25.9 Å². The average molecular weight is 436 g/mol. The van der Waals surface area contributed by atoms with E-state index in [4.69, 9.17) is 16.2 Å². The summed E-state index contributed by atoms with van der Waals surface area (Å²) in [5.41, 5.74) is 11.3. The first-order valence-electron chi connectivity index (χ1n) is 10.4. The molecule has 0 radical (unpaired) electrons. The van der Waals surface area contributed by atoms with Crippen molar-refractivity contribution < 1.29 is 24.2 Å². The molecule has 0 aromatic heterocycles. The molecule has 1 rings (SSSR count). The lowest BCUT2D eigenvalue weighted by molar-refractivity contribution is -0.145. The number of carbonyl (C=O) groups excluding carboxylic acids is 3. The summed E-state index contributed by atoms with van der Waals surface area (Å²) in [6, 6.07) is 9.34.